The van der Waals surface area contributed by atoms with Crippen molar-refractivity contribution in [1.29, 1.82) is 0 Å². The lowest BCUT2D eigenvalue weighted by Crippen LogP contribution is -1.83. The molecule has 0 aliphatic rings. The number of H-pyrrole nitrogens is 4. The number of aromatic amines is 4. The summed E-state index contributed by atoms with van der Waals surface area (Å²) >= 11 is 0. The minimum atomic E-state index is 0.841. The maximum atomic E-state index is 4.74. The SMILES string of the molecule is Cc1cccc(-c2nc3ccc(-c4ccc5nc(C)[nH]c5c4)cc3[nH]2)c1.Cc1cncc(-c2nc3ccc(-c4ccc5nc(C)[nH]c5c4)cc3[nH]2)c1. The van der Waals surface area contributed by atoms with Crippen molar-refractivity contribution in [3.63, 3.8) is 0 Å². The zero-order valence-electron chi connectivity index (χ0n) is 29.2. The van der Waals surface area contributed by atoms with Crippen LogP contribution in [0.4, 0.5) is 0 Å². The van der Waals surface area contributed by atoms with Gasteiger partial charge in [0.2, 0.25) is 0 Å². The zero-order valence-corrected chi connectivity index (χ0v) is 29.2. The van der Waals surface area contributed by atoms with Gasteiger partial charge in [-0.1, -0.05) is 48.0 Å². The van der Waals surface area contributed by atoms with Crippen LogP contribution in [0.15, 0.2) is 116 Å². The van der Waals surface area contributed by atoms with Gasteiger partial charge in [-0.2, -0.15) is 0 Å². The average Bonchev–Trinajstić information content (AvgIpc) is 3.94. The van der Waals surface area contributed by atoms with E-state index in [0.29, 0.717) is 0 Å². The Kier molecular flexibility index (Phi) is 7.47. The summed E-state index contributed by atoms with van der Waals surface area (Å²) in [5, 5.41) is 0. The van der Waals surface area contributed by atoms with E-state index in [2.05, 4.69) is 145 Å². The summed E-state index contributed by atoms with van der Waals surface area (Å²) in [6.45, 7) is 8.07. The van der Waals surface area contributed by atoms with Gasteiger partial charge in [0.25, 0.3) is 0 Å². The van der Waals surface area contributed by atoms with Crippen molar-refractivity contribution in [3.05, 3.63) is 138 Å². The number of rotatable bonds is 4. The lowest BCUT2D eigenvalue weighted by Gasteiger charge is -2.01. The molecule has 0 aliphatic heterocycles. The molecule has 52 heavy (non-hydrogen) atoms. The number of nitrogens with one attached hydrogen (secondary N) is 4. The van der Waals surface area contributed by atoms with Crippen molar-refractivity contribution in [1.82, 2.24) is 44.9 Å². The Hall–Kier alpha value is -6.87. The summed E-state index contributed by atoms with van der Waals surface area (Å²) < 4.78 is 0. The predicted octanol–water partition coefficient (Wildman–Crippen LogP) is 10.2. The molecule has 10 rings (SSSR count). The second kappa shape index (κ2) is 12.5. The first-order chi connectivity index (χ1) is 25.3. The van der Waals surface area contributed by atoms with Crippen LogP contribution in [0, 0.1) is 27.7 Å². The second-order valence-corrected chi connectivity index (χ2v) is 13.4. The van der Waals surface area contributed by atoms with E-state index in [1.807, 2.05) is 33.2 Å². The van der Waals surface area contributed by atoms with E-state index < -0.39 is 0 Å². The number of hydrogen-bond donors (Lipinski definition) is 4. The summed E-state index contributed by atoms with van der Waals surface area (Å²) in [5.41, 5.74) is 17.1. The van der Waals surface area contributed by atoms with Gasteiger partial charge >= 0.3 is 0 Å². The number of hydrogen-bond acceptors (Lipinski definition) is 5. The lowest BCUT2D eigenvalue weighted by molar-refractivity contribution is 1.17. The van der Waals surface area contributed by atoms with Crippen LogP contribution in [0.5, 0.6) is 0 Å². The van der Waals surface area contributed by atoms with Crippen LogP contribution in [0.2, 0.25) is 0 Å². The standard InChI is InChI=1S/C22H18N4.C21H17N5/c1-13-4-3-5-17(10-13)22-25-19-9-7-16(12-21(19)26-22)15-6-8-18-20(11-15)24-14(2)23-18;1-12-7-16(11-22-10-12)21-25-18-6-4-15(9-20(18)26-21)14-3-5-17-19(8-14)24-13(2)23-17/h3-12H,1-2H3,(H,23,24)(H,25,26);3-11H,1-2H3,(H,23,24)(H,25,26). The van der Waals surface area contributed by atoms with E-state index in [0.717, 1.165) is 106 Å². The molecule has 0 saturated carbocycles. The third-order valence-electron chi connectivity index (χ3n) is 9.27. The Bertz CT molecular complexity index is 2720. The minimum Gasteiger partial charge on any atom is -0.342 e. The summed E-state index contributed by atoms with van der Waals surface area (Å²) in [4.78, 5) is 36.1. The van der Waals surface area contributed by atoms with Crippen LogP contribution in [0.1, 0.15) is 22.8 Å². The van der Waals surface area contributed by atoms with Gasteiger partial charge in [-0.05, 0) is 116 Å². The molecule has 5 aromatic heterocycles. The molecule has 0 radical (unpaired) electrons. The quantitative estimate of drug-likeness (QED) is 0.147. The molecule has 9 nitrogen and oxygen atoms in total. The van der Waals surface area contributed by atoms with Crippen LogP contribution in [0.3, 0.4) is 0 Å². The highest BCUT2D eigenvalue weighted by atomic mass is 14.9. The van der Waals surface area contributed by atoms with Crippen molar-refractivity contribution < 1.29 is 0 Å². The first-order valence-corrected chi connectivity index (χ1v) is 17.2. The normalized spacial score (nSPS) is 11.5. The second-order valence-electron chi connectivity index (χ2n) is 13.4. The Balaban J connectivity index is 0.000000138. The van der Waals surface area contributed by atoms with Crippen molar-refractivity contribution in [2.75, 3.05) is 0 Å². The molecule has 0 unspecified atom stereocenters. The van der Waals surface area contributed by atoms with E-state index in [1.54, 1.807) is 0 Å². The van der Waals surface area contributed by atoms with Gasteiger partial charge in [-0.3, -0.25) is 4.98 Å². The molecule has 5 aromatic carbocycles. The molecule has 9 heteroatoms. The van der Waals surface area contributed by atoms with Crippen LogP contribution in [0.25, 0.3) is 89.2 Å². The van der Waals surface area contributed by atoms with E-state index in [9.17, 15) is 0 Å². The van der Waals surface area contributed by atoms with Crippen molar-refractivity contribution >= 4 is 44.1 Å². The first-order valence-electron chi connectivity index (χ1n) is 17.2. The molecular weight excluding hydrogens is 643 g/mol. The largest absolute Gasteiger partial charge is 0.342 e. The van der Waals surface area contributed by atoms with Gasteiger partial charge in [-0.15, -0.1) is 0 Å². The molecule has 0 aliphatic carbocycles. The molecule has 252 valence electrons. The molecule has 0 spiro atoms. The van der Waals surface area contributed by atoms with E-state index in [4.69, 9.17) is 9.97 Å². The van der Waals surface area contributed by atoms with E-state index in [1.165, 1.54) is 5.56 Å². The summed E-state index contributed by atoms with van der Waals surface area (Å²) in [6, 6.07) is 35.7. The Morgan fingerprint density at radius 1 is 0.365 bits per heavy atom. The van der Waals surface area contributed by atoms with Crippen LogP contribution in [-0.4, -0.2) is 44.9 Å². The number of aromatic nitrogens is 9. The van der Waals surface area contributed by atoms with E-state index in [-0.39, 0.29) is 0 Å². The molecule has 4 N–H and O–H groups in total. The first kappa shape index (κ1) is 31.1. The summed E-state index contributed by atoms with van der Waals surface area (Å²) in [7, 11) is 0. The van der Waals surface area contributed by atoms with Gasteiger partial charge in [0, 0.05) is 23.5 Å². The summed E-state index contributed by atoms with van der Waals surface area (Å²) in [6.07, 6.45) is 3.68. The molecule has 5 heterocycles. The molecule has 0 atom stereocenters. The zero-order chi connectivity index (χ0) is 35.3. The van der Waals surface area contributed by atoms with E-state index >= 15 is 0 Å². The van der Waals surface area contributed by atoms with Gasteiger partial charge in [0.1, 0.15) is 23.3 Å². The molecule has 0 fully saturated rings. The highest BCUT2D eigenvalue weighted by Gasteiger charge is 2.11. The summed E-state index contributed by atoms with van der Waals surface area (Å²) in [5.74, 6) is 3.61. The van der Waals surface area contributed by atoms with Gasteiger partial charge in [-0.25, -0.2) is 19.9 Å². The third kappa shape index (κ3) is 5.98. The fourth-order valence-corrected chi connectivity index (χ4v) is 6.76. The number of benzene rings is 5. The molecule has 0 bridgehead atoms. The van der Waals surface area contributed by atoms with Crippen molar-refractivity contribution in [3.8, 4) is 45.0 Å². The Morgan fingerprint density at radius 3 is 1.29 bits per heavy atom. The number of imidazole rings is 4. The Labute approximate surface area is 299 Å². The van der Waals surface area contributed by atoms with Gasteiger partial charge in [0.05, 0.1) is 44.1 Å². The maximum absolute atomic E-state index is 4.74. The van der Waals surface area contributed by atoms with Gasteiger partial charge < -0.3 is 19.9 Å². The third-order valence-corrected chi connectivity index (χ3v) is 9.27. The molecular formula is C43H35N9. The maximum Gasteiger partial charge on any atom is 0.140 e. The van der Waals surface area contributed by atoms with Crippen LogP contribution < -0.4 is 0 Å². The van der Waals surface area contributed by atoms with Crippen molar-refractivity contribution in [2.24, 2.45) is 0 Å². The number of aryl methyl sites for hydroxylation is 4. The molecule has 10 aromatic rings. The predicted molar refractivity (Wildman–Crippen MR) is 210 cm³/mol. The average molecular weight is 678 g/mol. The minimum absolute atomic E-state index is 0.841. The smallest absolute Gasteiger partial charge is 0.140 e. The number of fused-ring (bicyclic) bond motifs is 4. The fraction of sp³-hybridized carbons (Fsp3) is 0.0930. The highest BCUT2D eigenvalue weighted by Crippen LogP contribution is 2.30. The number of pyridine rings is 1. The molecule has 0 saturated heterocycles. The highest BCUT2D eigenvalue weighted by molar-refractivity contribution is 5.89. The van der Waals surface area contributed by atoms with Crippen LogP contribution in [-0.2, 0) is 0 Å². The fourth-order valence-electron chi connectivity index (χ4n) is 6.76. The lowest BCUT2D eigenvalue weighted by atomic mass is 10.0. The molecule has 0 amide bonds. The Morgan fingerprint density at radius 2 is 0.808 bits per heavy atom. The van der Waals surface area contributed by atoms with Gasteiger partial charge in [0.15, 0.2) is 0 Å². The van der Waals surface area contributed by atoms with Crippen LogP contribution >= 0.6 is 0 Å². The number of nitrogens with zero attached hydrogens (tertiary/aromatic N) is 5. The monoisotopic (exact) mass is 677 g/mol. The topological polar surface area (TPSA) is 128 Å². The van der Waals surface area contributed by atoms with Crippen molar-refractivity contribution in [2.45, 2.75) is 27.7 Å².